The number of nitrogens with zero attached hydrogens (tertiary/aromatic N) is 5. The van der Waals surface area contributed by atoms with Crippen LogP contribution < -0.4 is 4.90 Å². The summed E-state index contributed by atoms with van der Waals surface area (Å²) in [5.74, 6) is 0.478. The number of hydrogen-bond donors (Lipinski definition) is 0. The zero-order valence-electron chi connectivity index (χ0n) is 14.0. The van der Waals surface area contributed by atoms with E-state index in [1.165, 1.54) is 11.3 Å². The van der Waals surface area contributed by atoms with Crippen molar-refractivity contribution in [2.75, 3.05) is 31.1 Å². The topological polar surface area (TPSA) is 71.3 Å². The van der Waals surface area contributed by atoms with Crippen molar-refractivity contribution in [1.29, 1.82) is 0 Å². The summed E-state index contributed by atoms with van der Waals surface area (Å²) in [4.78, 5) is 27.8. The lowest BCUT2D eigenvalue weighted by atomic mass is 9.95. The number of rotatable bonds is 4. The van der Waals surface area contributed by atoms with Gasteiger partial charge in [-0.15, -0.1) is 10.2 Å². The number of carbonyl (C=O) groups is 2. The molecule has 4 heterocycles. The zero-order chi connectivity index (χ0) is 17.2. The number of hydrogen-bond acceptors (Lipinski definition) is 6. The van der Waals surface area contributed by atoms with Gasteiger partial charge < -0.3 is 9.80 Å². The summed E-state index contributed by atoms with van der Waals surface area (Å²) in [5.41, 5.74) is 0.567. The van der Waals surface area contributed by atoms with Crippen LogP contribution in [0.3, 0.4) is 0 Å². The highest BCUT2D eigenvalue weighted by atomic mass is 32.1. The van der Waals surface area contributed by atoms with Gasteiger partial charge in [0.25, 0.3) is 0 Å². The average molecular weight is 359 g/mol. The molecule has 0 spiro atoms. The number of piperidine rings is 1. The molecule has 2 saturated heterocycles. The third-order valence-corrected chi connectivity index (χ3v) is 6.03. The summed E-state index contributed by atoms with van der Waals surface area (Å²) >= 11 is 1.47. The van der Waals surface area contributed by atoms with Gasteiger partial charge in [-0.25, -0.2) is 0 Å². The van der Waals surface area contributed by atoms with Crippen molar-refractivity contribution in [2.24, 2.45) is 5.92 Å². The number of likely N-dealkylation sites (tertiary alicyclic amines) is 1. The Morgan fingerprint density at radius 2 is 1.84 bits per heavy atom. The minimum Gasteiger partial charge on any atom is -0.347 e. The molecule has 7 nitrogen and oxygen atoms in total. The Balaban J connectivity index is 1.40. The molecule has 25 heavy (non-hydrogen) atoms. The van der Waals surface area contributed by atoms with Crippen LogP contribution in [0.1, 0.15) is 36.2 Å². The molecule has 2 aliphatic heterocycles. The number of carbonyl (C=O) groups excluding carboxylic acids is 2. The van der Waals surface area contributed by atoms with E-state index in [2.05, 4.69) is 15.1 Å². The molecule has 0 aromatic carbocycles. The highest BCUT2D eigenvalue weighted by molar-refractivity contribution is 7.17. The van der Waals surface area contributed by atoms with Crippen molar-refractivity contribution in [2.45, 2.75) is 25.7 Å². The molecule has 0 aliphatic carbocycles. The fourth-order valence-corrected chi connectivity index (χ4v) is 4.51. The van der Waals surface area contributed by atoms with E-state index in [1.54, 1.807) is 10.6 Å². The van der Waals surface area contributed by atoms with Gasteiger partial charge in [-0.3, -0.25) is 14.2 Å². The first-order valence-electron chi connectivity index (χ1n) is 8.76. The van der Waals surface area contributed by atoms with Crippen LogP contribution in [-0.2, 0) is 4.79 Å². The second kappa shape index (κ2) is 6.95. The summed E-state index contributed by atoms with van der Waals surface area (Å²) in [6.45, 7) is 3.50. The first-order valence-corrected chi connectivity index (χ1v) is 9.58. The lowest BCUT2D eigenvalue weighted by Crippen LogP contribution is -2.41. The summed E-state index contributed by atoms with van der Waals surface area (Å²) in [6, 6.07) is 3.57. The molecule has 0 bridgehead atoms. The molecule has 2 aromatic heterocycles. The lowest BCUT2D eigenvalue weighted by molar-refractivity contribution is -0.135. The molecule has 0 saturated carbocycles. The zero-order valence-corrected chi connectivity index (χ0v) is 14.8. The lowest BCUT2D eigenvalue weighted by Gasteiger charge is -2.32. The van der Waals surface area contributed by atoms with Crippen LogP contribution in [0.4, 0.5) is 5.13 Å². The Kier molecular flexibility index (Phi) is 4.52. The fraction of sp³-hybridized carbons (Fsp3) is 0.529. The SMILES string of the molecule is O=Cc1cccn1-c1nnc(N2CCC(C(=O)N3CCCC3)CC2)s1. The predicted molar refractivity (Wildman–Crippen MR) is 95.4 cm³/mol. The molecule has 2 aliphatic rings. The fourth-order valence-electron chi connectivity index (χ4n) is 3.61. The molecule has 8 heteroatoms. The predicted octanol–water partition coefficient (Wildman–Crippen LogP) is 1.98. The average Bonchev–Trinajstić information content (AvgIpc) is 3.41. The van der Waals surface area contributed by atoms with Gasteiger partial charge in [0.1, 0.15) is 0 Å². The van der Waals surface area contributed by atoms with E-state index >= 15 is 0 Å². The molecule has 4 rings (SSSR count). The quantitative estimate of drug-likeness (QED) is 0.781. The number of amides is 1. The van der Waals surface area contributed by atoms with Crippen LogP contribution in [0, 0.1) is 5.92 Å². The molecule has 132 valence electrons. The van der Waals surface area contributed by atoms with Crippen LogP contribution in [0.5, 0.6) is 0 Å². The van der Waals surface area contributed by atoms with E-state index < -0.39 is 0 Å². The molecule has 2 aromatic rings. The van der Waals surface area contributed by atoms with Crippen LogP contribution in [0.2, 0.25) is 0 Å². The van der Waals surface area contributed by atoms with Gasteiger partial charge in [0, 0.05) is 38.3 Å². The second-order valence-electron chi connectivity index (χ2n) is 6.58. The van der Waals surface area contributed by atoms with Crippen molar-refractivity contribution in [3.8, 4) is 5.13 Å². The summed E-state index contributed by atoms with van der Waals surface area (Å²) in [6.07, 6.45) is 6.65. The Morgan fingerprint density at radius 3 is 2.56 bits per heavy atom. The number of anilines is 1. The summed E-state index contributed by atoms with van der Waals surface area (Å²) in [7, 11) is 0. The van der Waals surface area contributed by atoms with Gasteiger partial charge in [-0.05, 0) is 37.8 Å². The standard InChI is InChI=1S/C17H21N5O2S/c23-12-14-4-3-9-22(14)17-19-18-16(25-17)21-10-5-13(6-11-21)15(24)20-7-1-2-8-20/h3-4,9,12-13H,1-2,5-8,10-11H2. The molecule has 0 radical (unpaired) electrons. The highest BCUT2D eigenvalue weighted by Crippen LogP contribution is 2.29. The normalized spacial score (nSPS) is 18.7. The Morgan fingerprint density at radius 1 is 1.12 bits per heavy atom. The van der Waals surface area contributed by atoms with E-state index in [0.29, 0.717) is 16.7 Å². The molecule has 0 N–H and O–H groups in total. The van der Waals surface area contributed by atoms with Crippen molar-refractivity contribution in [3.63, 3.8) is 0 Å². The molecular formula is C17H21N5O2S. The minimum atomic E-state index is 0.146. The highest BCUT2D eigenvalue weighted by Gasteiger charge is 2.30. The smallest absolute Gasteiger partial charge is 0.225 e. The van der Waals surface area contributed by atoms with E-state index in [1.807, 2.05) is 17.2 Å². The first-order chi connectivity index (χ1) is 12.3. The third-order valence-electron chi connectivity index (χ3n) is 5.04. The minimum absolute atomic E-state index is 0.146. The van der Waals surface area contributed by atoms with Gasteiger partial charge in [-0.2, -0.15) is 0 Å². The second-order valence-corrected chi connectivity index (χ2v) is 7.52. The van der Waals surface area contributed by atoms with Gasteiger partial charge in [-0.1, -0.05) is 11.3 Å². The van der Waals surface area contributed by atoms with E-state index in [-0.39, 0.29) is 5.92 Å². The first kappa shape index (κ1) is 16.3. The van der Waals surface area contributed by atoms with Crippen molar-refractivity contribution >= 4 is 28.7 Å². The maximum absolute atomic E-state index is 12.5. The van der Waals surface area contributed by atoms with Crippen molar-refractivity contribution in [1.82, 2.24) is 19.7 Å². The van der Waals surface area contributed by atoms with Crippen molar-refractivity contribution in [3.05, 3.63) is 24.0 Å². The van der Waals surface area contributed by atoms with Crippen LogP contribution >= 0.6 is 11.3 Å². The maximum atomic E-state index is 12.5. The Labute approximate surface area is 150 Å². The molecule has 1 amide bonds. The number of aromatic nitrogens is 3. The number of aldehydes is 1. The summed E-state index contributed by atoms with van der Waals surface area (Å²) < 4.78 is 1.75. The molecule has 2 fully saturated rings. The molecular weight excluding hydrogens is 338 g/mol. The maximum Gasteiger partial charge on any atom is 0.225 e. The largest absolute Gasteiger partial charge is 0.347 e. The van der Waals surface area contributed by atoms with Crippen LogP contribution in [-0.4, -0.2) is 58.0 Å². The Hall–Kier alpha value is -2.22. The molecule has 0 unspecified atom stereocenters. The van der Waals surface area contributed by atoms with Crippen LogP contribution in [0.15, 0.2) is 18.3 Å². The monoisotopic (exact) mass is 359 g/mol. The van der Waals surface area contributed by atoms with Crippen LogP contribution in [0.25, 0.3) is 5.13 Å². The van der Waals surface area contributed by atoms with Crippen molar-refractivity contribution < 1.29 is 9.59 Å². The Bertz CT molecular complexity index is 757. The third kappa shape index (κ3) is 3.18. The van der Waals surface area contributed by atoms with E-state index in [9.17, 15) is 9.59 Å². The van der Waals surface area contributed by atoms with E-state index in [4.69, 9.17) is 0 Å². The molecule has 0 atom stereocenters. The van der Waals surface area contributed by atoms with Gasteiger partial charge in [0.2, 0.25) is 16.2 Å². The summed E-state index contributed by atoms with van der Waals surface area (Å²) in [5, 5.41) is 10.0. The van der Waals surface area contributed by atoms with E-state index in [0.717, 1.165) is 63.3 Å². The van der Waals surface area contributed by atoms with Gasteiger partial charge in [0.05, 0.1) is 5.69 Å². The van der Waals surface area contributed by atoms with Gasteiger partial charge >= 0.3 is 0 Å². The van der Waals surface area contributed by atoms with Gasteiger partial charge in [0.15, 0.2) is 6.29 Å².